The summed E-state index contributed by atoms with van der Waals surface area (Å²) in [5.74, 6) is -0.519. The number of hydrogen-bond acceptors (Lipinski definition) is 2. The number of hydrogen-bond donors (Lipinski definition) is 2. The van der Waals surface area contributed by atoms with Crippen molar-refractivity contribution in [3.63, 3.8) is 0 Å². The van der Waals surface area contributed by atoms with Gasteiger partial charge in [-0.05, 0) is 36.3 Å². The molecule has 5 nitrogen and oxygen atoms in total. The van der Waals surface area contributed by atoms with E-state index in [2.05, 4.69) is 18.8 Å². The minimum Gasteiger partial charge on any atom is -0.478 e. The SMILES string of the molecule is CC(C)C1(Cn2c(=O)[nH]c3cccc(C(=O)O)c32)CC1. The lowest BCUT2D eigenvalue weighted by Crippen LogP contribution is -2.26. The number of fused-ring (bicyclic) bond motifs is 1. The van der Waals surface area contributed by atoms with Crippen LogP contribution in [0, 0.1) is 11.3 Å². The monoisotopic (exact) mass is 274 g/mol. The lowest BCUT2D eigenvalue weighted by atomic mass is 9.92. The van der Waals surface area contributed by atoms with Gasteiger partial charge in [0.05, 0.1) is 16.6 Å². The summed E-state index contributed by atoms with van der Waals surface area (Å²) in [6.45, 7) is 4.91. The second-order valence-electron chi connectivity index (χ2n) is 6.04. The molecule has 0 saturated heterocycles. The third-order valence-electron chi connectivity index (χ3n) is 4.61. The van der Waals surface area contributed by atoms with E-state index in [0.717, 1.165) is 12.8 Å². The van der Waals surface area contributed by atoms with E-state index < -0.39 is 5.97 Å². The van der Waals surface area contributed by atoms with E-state index in [9.17, 15) is 14.7 Å². The fraction of sp³-hybridized carbons (Fsp3) is 0.467. The molecule has 0 radical (unpaired) electrons. The molecule has 20 heavy (non-hydrogen) atoms. The first kappa shape index (κ1) is 13.0. The minimum absolute atomic E-state index is 0.143. The zero-order valence-electron chi connectivity index (χ0n) is 11.6. The van der Waals surface area contributed by atoms with Crippen molar-refractivity contribution in [2.75, 3.05) is 0 Å². The molecule has 0 spiro atoms. The molecule has 1 aliphatic carbocycles. The predicted molar refractivity (Wildman–Crippen MR) is 76.0 cm³/mol. The first-order chi connectivity index (χ1) is 9.44. The van der Waals surface area contributed by atoms with E-state index in [4.69, 9.17) is 0 Å². The lowest BCUT2D eigenvalue weighted by molar-refractivity contribution is 0.0698. The Balaban J connectivity index is 2.18. The van der Waals surface area contributed by atoms with Crippen LogP contribution in [0.1, 0.15) is 37.0 Å². The molecule has 1 aliphatic rings. The largest absolute Gasteiger partial charge is 0.478 e. The quantitative estimate of drug-likeness (QED) is 0.899. The smallest absolute Gasteiger partial charge is 0.337 e. The van der Waals surface area contributed by atoms with Gasteiger partial charge in [0.15, 0.2) is 0 Å². The molecule has 0 amide bonds. The number of rotatable bonds is 4. The molecule has 0 aliphatic heterocycles. The van der Waals surface area contributed by atoms with E-state index in [-0.39, 0.29) is 16.7 Å². The Morgan fingerprint density at radius 1 is 1.45 bits per heavy atom. The Kier molecular flexibility index (Phi) is 2.74. The van der Waals surface area contributed by atoms with Crippen molar-refractivity contribution in [1.29, 1.82) is 0 Å². The molecule has 0 unspecified atom stereocenters. The molecule has 5 heteroatoms. The zero-order valence-corrected chi connectivity index (χ0v) is 11.6. The van der Waals surface area contributed by atoms with Gasteiger partial charge in [-0.25, -0.2) is 9.59 Å². The second-order valence-corrected chi connectivity index (χ2v) is 6.04. The van der Waals surface area contributed by atoms with Crippen LogP contribution in [0.25, 0.3) is 11.0 Å². The highest BCUT2D eigenvalue weighted by molar-refractivity contribution is 6.01. The lowest BCUT2D eigenvalue weighted by Gasteiger charge is -2.20. The number of H-pyrrole nitrogens is 1. The number of nitrogens with one attached hydrogen (secondary N) is 1. The maximum atomic E-state index is 12.2. The van der Waals surface area contributed by atoms with Crippen LogP contribution >= 0.6 is 0 Å². The van der Waals surface area contributed by atoms with Gasteiger partial charge in [0.2, 0.25) is 0 Å². The van der Waals surface area contributed by atoms with Crippen molar-refractivity contribution >= 4 is 17.0 Å². The third kappa shape index (κ3) is 1.85. The Bertz CT molecular complexity index is 735. The summed E-state index contributed by atoms with van der Waals surface area (Å²) in [4.78, 5) is 26.3. The van der Waals surface area contributed by atoms with E-state index in [1.807, 2.05) is 0 Å². The van der Waals surface area contributed by atoms with Crippen LogP contribution in [0.4, 0.5) is 0 Å². The first-order valence-electron chi connectivity index (χ1n) is 6.89. The van der Waals surface area contributed by atoms with Gasteiger partial charge in [-0.15, -0.1) is 0 Å². The van der Waals surface area contributed by atoms with Gasteiger partial charge in [-0.2, -0.15) is 0 Å². The maximum Gasteiger partial charge on any atom is 0.337 e. The van der Waals surface area contributed by atoms with Crippen molar-refractivity contribution < 1.29 is 9.90 Å². The number of para-hydroxylation sites is 1. The Morgan fingerprint density at radius 2 is 2.15 bits per heavy atom. The number of imidazole rings is 1. The van der Waals surface area contributed by atoms with E-state index >= 15 is 0 Å². The van der Waals surface area contributed by atoms with Crippen molar-refractivity contribution in [3.8, 4) is 0 Å². The fourth-order valence-corrected chi connectivity index (χ4v) is 2.94. The van der Waals surface area contributed by atoms with Gasteiger partial charge < -0.3 is 10.1 Å². The molecule has 1 fully saturated rings. The van der Waals surface area contributed by atoms with Gasteiger partial charge >= 0.3 is 11.7 Å². The average Bonchev–Trinajstić information content (AvgIpc) is 3.10. The topological polar surface area (TPSA) is 75.1 Å². The molecule has 0 bridgehead atoms. The zero-order chi connectivity index (χ0) is 14.5. The van der Waals surface area contributed by atoms with Crippen LogP contribution in [-0.4, -0.2) is 20.6 Å². The van der Waals surface area contributed by atoms with E-state index in [1.165, 1.54) is 0 Å². The van der Waals surface area contributed by atoms with E-state index in [0.29, 0.717) is 23.5 Å². The standard InChI is InChI=1S/C15H18N2O3/c1-9(2)15(6-7-15)8-17-12-10(13(18)19)4-3-5-11(12)16-14(17)20/h3-5,9H,6-8H2,1-2H3,(H,16,20)(H,18,19). The van der Waals surface area contributed by atoms with Crippen LogP contribution in [0.2, 0.25) is 0 Å². The first-order valence-corrected chi connectivity index (χ1v) is 6.89. The Hall–Kier alpha value is -2.04. The van der Waals surface area contributed by atoms with Gasteiger partial charge in [0.1, 0.15) is 0 Å². The molecule has 1 aromatic carbocycles. The fourth-order valence-electron chi connectivity index (χ4n) is 2.94. The summed E-state index contributed by atoms with van der Waals surface area (Å²) < 4.78 is 1.60. The highest BCUT2D eigenvalue weighted by Gasteiger charge is 2.46. The normalized spacial score (nSPS) is 16.8. The van der Waals surface area contributed by atoms with Crippen molar-refractivity contribution in [3.05, 3.63) is 34.2 Å². The summed E-state index contributed by atoms with van der Waals surface area (Å²) in [7, 11) is 0. The van der Waals surface area contributed by atoms with Crippen LogP contribution in [0.5, 0.6) is 0 Å². The van der Waals surface area contributed by atoms with Gasteiger partial charge in [-0.1, -0.05) is 19.9 Å². The summed E-state index contributed by atoms with van der Waals surface area (Å²) in [5.41, 5.74) is 1.21. The van der Waals surface area contributed by atoms with Crippen LogP contribution < -0.4 is 5.69 Å². The second kappa shape index (κ2) is 4.23. The predicted octanol–water partition coefficient (Wildman–Crippen LogP) is 2.46. The van der Waals surface area contributed by atoms with Crippen molar-refractivity contribution in [2.45, 2.75) is 33.2 Å². The molecule has 0 atom stereocenters. The highest BCUT2D eigenvalue weighted by atomic mass is 16.4. The summed E-state index contributed by atoms with van der Waals surface area (Å²) >= 11 is 0. The minimum atomic E-state index is -1.00. The molecule has 1 heterocycles. The van der Waals surface area contributed by atoms with Crippen LogP contribution in [0.3, 0.4) is 0 Å². The molecule has 1 saturated carbocycles. The molecular weight excluding hydrogens is 256 g/mol. The number of carboxylic acid groups (broad SMARTS) is 1. The third-order valence-corrected chi connectivity index (χ3v) is 4.61. The Morgan fingerprint density at radius 3 is 2.70 bits per heavy atom. The molecular formula is C15H18N2O3. The molecule has 2 N–H and O–H groups in total. The van der Waals surface area contributed by atoms with Gasteiger partial charge in [0, 0.05) is 6.54 Å². The number of nitrogens with zero attached hydrogens (tertiary/aromatic N) is 1. The number of benzene rings is 1. The van der Waals surface area contributed by atoms with Gasteiger partial charge in [0.25, 0.3) is 0 Å². The van der Waals surface area contributed by atoms with E-state index in [1.54, 1.807) is 22.8 Å². The Labute approximate surface area is 116 Å². The molecule has 106 valence electrons. The summed E-state index contributed by atoms with van der Waals surface area (Å²) in [5, 5.41) is 9.31. The molecule has 3 rings (SSSR count). The number of aromatic nitrogens is 2. The van der Waals surface area contributed by atoms with Crippen molar-refractivity contribution in [2.24, 2.45) is 11.3 Å². The number of aromatic carboxylic acids is 1. The molecule has 2 aromatic rings. The number of carbonyl (C=O) groups is 1. The summed E-state index contributed by atoms with van der Waals surface area (Å²) in [6.07, 6.45) is 2.19. The number of carboxylic acids is 1. The van der Waals surface area contributed by atoms with Crippen molar-refractivity contribution in [1.82, 2.24) is 9.55 Å². The van der Waals surface area contributed by atoms with Crippen LogP contribution in [0.15, 0.2) is 23.0 Å². The highest BCUT2D eigenvalue weighted by Crippen LogP contribution is 2.53. The summed E-state index contributed by atoms with van der Waals surface area (Å²) in [6, 6.07) is 4.94. The molecule has 1 aromatic heterocycles. The van der Waals surface area contributed by atoms with Gasteiger partial charge in [-0.3, -0.25) is 4.57 Å². The number of aromatic amines is 1. The van der Waals surface area contributed by atoms with Crippen LogP contribution in [-0.2, 0) is 6.54 Å². The average molecular weight is 274 g/mol. The maximum absolute atomic E-state index is 12.2.